The van der Waals surface area contributed by atoms with Crippen LogP contribution in [0.5, 0.6) is 0 Å². The molecule has 0 aliphatic heterocycles. The number of urea groups is 1. The molecule has 1 unspecified atom stereocenters. The van der Waals surface area contributed by atoms with E-state index < -0.39 is 0 Å². The molecule has 1 N–H and O–H groups in total. The number of hydrogen-bond donors (Lipinski definition) is 1. The third-order valence-electron chi connectivity index (χ3n) is 4.80. The van der Waals surface area contributed by atoms with Crippen molar-refractivity contribution >= 4 is 6.03 Å². The molecule has 4 heteroatoms. The molecule has 0 heterocycles. The highest BCUT2D eigenvalue weighted by Crippen LogP contribution is 2.29. The quantitative estimate of drug-likeness (QED) is 0.749. The summed E-state index contributed by atoms with van der Waals surface area (Å²) in [6, 6.07) is 9.02. The molecular formula is C20H33N3O. The third-order valence-corrected chi connectivity index (χ3v) is 4.80. The van der Waals surface area contributed by atoms with Gasteiger partial charge in [0.05, 0.1) is 6.04 Å². The van der Waals surface area contributed by atoms with E-state index in [1.807, 2.05) is 4.90 Å². The van der Waals surface area contributed by atoms with Crippen LogP contribution in [0.3, 0.4) is 0 Å². The fourth-order valence-electron chi connectivity index (χ4n) is 3.03. The smallest absolute Gasteiger partial charge is 0.317 e. The summed E-state index contributed by atoms with van der Waals surface area (Å²) in [5, 5.41) is 3.15. The monoisotopic (exact) mass is 331 g/mol. The summed E-state index contributed by atoms with van der Waals surface area (Å²) < 4.78 is 0. The average Bonchev–Trinajstić information content (AvgIpc) is 3.39. The predicted molar refractivity (Wildman–Crippen MR) is 100 cm³/mol. The van der Waals surface area contributed by atoms with Gasteiger partial charge in [-0.3, -0.25) is 0 Å². The van der Waals surface area contributed by atoms with Crippen molar-refractivity contribution in [3.8, 4) is 0 Å². The topological polar surface area (TPSA) is 35.6 Å². The molecule has 1 aliphatic rings. The first-order valence-electron chi connectivity index (χ1n) is 9.33. The van der Waals surface area contributed by atoms with Crippen molar-refractivity contribution in [3.63, 3.8) is 0 Å². The lowest BCUT2D eigenvalue weighted by Crippen LogP contribution is -2.44. The van der Waals surface area contributed by atoms with E-state index in [1.165, 1.54) is 24.0 Å². The fourth-order valence-corrected chi connectivity index (χ4v) is 3.03. The standard InChI is InChI=1S/C20H33N3O/c1-5-13-23(15-17-7-8-17)20(24)21-14-19(22(3)4)18-11-9-16(6-2)10-12-18/h9-12,17,19H,5-8,13-15H2,1-4H3,(H,21,24). The normalized spacial score (nSPS) is 15.4. The highest BCUT2D eigenvalue weighted by molar-refractivity contribution is 5.74. The molecule has 134 valence electrons. The zero-order valence-corrected chi connectivity index (χ0v) is 15.7. The first kappa shape index (κ1) is 18.8. The summed E-state index contributed by atoms with van der Waals surface area (Å²) in [6.07, 6.45) is 4.61. The number of carbonyl (C=O) groups excluding carboxylic acids is 1. The molecule has 0 saturated heterocycles. The summed E-state index contributed by atoms with van der Waals surface area (Å²) in [5.41, 5.74) is 2.60. The second-order valence-electron chi connectivity index (χ2n) is 7.15. The van der Waals surface area contributed by atoms with E-state index >= 15 is 0 Å². The van der Waals surface area contributed by atoms with Crippen LogP contribution in [0.2, 0.25) is 0 Å². The summed E-state index contributed by atoms with van der Waals surface area (Å²) in [5.74, 6) is 0.730. The maximum atomic E-state index is 12.6. The van der Waals surface area contributed by atoms with E-state index in [2.05, 4.69) is 62.4 Å². The van der Waals surface area contributed by atoms with Crippen molar-refractivity contribution in [1.29, 1.82) is 0 Å². The Morgan fingerprint density at radius 1 is 1.21 bits per heavy atom. The molecule has 24 heavy (non-hydrogen) atoms. The van der Waals surface area contributed by atoms with Crippen LogP contribution >= 0.6 is 0 Å². The van der Waals surface area contributed by atoms with Crippen LogP contribution in [0, 0.1) is 5.92 Å². The second-order valence-corrected chi connectivity index (χ2v) is 7.15. The molecule has 0 aromatic heterocycles. The lowest BCUT2D eigenvalue weighted by molar-refractivity contribution is 0.190. The van der Waals surface area contributed by atoms with Crippen molar-refractivity contribution in [2.45, 2.75) is 45.6 Å². The Labute approximate surface area is 147 Å². The predicted octanol–water partition coefficient (Wildman–Crippen LogP) is 3.68. The number of rotatable bonds is 9. The largest absolute Gasteiger partial charge is 0.336 e. The molecule has 1 aliphatic carbocycles. The van der Waals surface area contributed by atoms with Crippen LogP contribution in [0.4, 0.5) is 4.79 Å². The molecule has 0 radical (unpaired) electrons. The highest BCUT2D eigenvalue weighted by Gasteiger charge is 2.26. The van der Waals surface area contributed by atoms with E-state index in [4.69, 9.17) is 0 Å². The molecule has 2 amide bonds. The van der Waals surface area contributed by atoms with Gasteiger partial charge in [-0.05, 0) is 56.8 Å². The summed E-state index contributed by atoms with van der Waals surface area (Å²) in [6.45, 7) is 6.70. The summed E-state index contributed by atoms with van der Waals surface area (Å²) >= 11 is 0. The number of benzene rings is 1. The Morgan fingerprint density at radius 3 is 2.38 bits per heavy atom. The summed E-state index contributed by atoms with van der Waals surface area (Å²) in [7, 11) is 4.14. The molecular weight excluding hydrogens is 298 g/mol. The third kappa shape index (κ3) is 5.52. The van der Waals surface area contributed by atoms with Crippen LogP contribution in [0.15, 0.2) is 24.3 Å². The number of hydrogen-bond acceptors (Lipinski definition) is 2. The van der Waals surface area contributed by atoms with Crippen LogP contribution in [-0.4, -0.2) is 49.6 Å². The maximum Gasteiger partial charge on any atom is 0.317 e. The van der Waals surface area contributed by atoms with Crippen LogP contribution in [0.25, 0.3) is 0 Å². The van der Waals surface area contributed by atoms with Gasteiger partial charge in [-0.2, -0.15) is 0 Å². The number of amides is 2. The van der Waals surface area contributed by atoms with Crippen LogP contribution in [-0.2, 0) is 6.42 Å². The second kappa shape index (κ2) is 9.07. The average molecular weight is 332 g/mol. The molecule has 4 nitrogen and oxygen atoms in total. The maximum absolute atomic E-state index is 12.6. The Bertz CT molecular complexity index is 508. The number of likely N-dealkylation sites (N-methyl/N-ethyl adjacent to an activating group) is 1. The van der Waals surface area contributed by atoms with Gasteiger partial charge in [0.25, 0.3) is 0 Å². The van der Waals surface area contributed by atoms with Crippen molar-refractivity contribution in [2.75, 3.05) is 33.7 Å². The minimum absolute atomic E-state index is 0.0841. The SMILES string of the molecule is CCCN(CC1CC1)C(=O)NCC(c1ccc(CC)cc1)N(C)C. The Hall–Kier alpha value is -1.55. The van der Waals surface area contributed by atoms with Crippen LogP contribution < -0.4 is 5.32 Å². The molecule has 1 aromatic carbocycles. The molecule has 1 fully saturated rings. The van der Waals surface area contributed by atoms with Gasteiger partial charge in [-0.1, -0.05) is 38.1 Å². The van der Waals surface area contributed by atoms with E-state index in [-0.39, 0.29) is 12.1 Å². The molecule has 1 atom stereocenters. The van der Waals surface area contributed by atoms with E-state index in [0.717, 1.165) is 31.8 Å². The van der Waals surface area contributed by atoms with E-state index in [0.29, 0.717) is 6.54 Å². The molecule has 2 rings (SSSR count). The first-order valence-corrected chi connectivity index (χ1v) is 9.33. The molecule has 1 saturated carbocycles. The Kier molecular flexibility index (Phi) is 7.10. The first-order chi connectivity index (χ1) is 11.5. The number of nitrogens with one attached hydrogen (secondary N) is 1. The van der Waals surface area contributed by atoms with E-state index in [9.17, 15) is 4.79 Å². The lowest BCUT2D eigenvalue weighted by Gasteiger charge is -2.28. The van der Waals surface area contributed by atoms with E-state index in [1.54, 1.807) is 0 Å². The van der Waals surface area contributed by atoms with Gasteiger partial charge in [0, 0.05) is 19.6 Å². The van der Waals surface area contributed by atoms with Crippen molar-refractivity contribution in [2.24, 2.45) is 5.92 Å². The number of carbonyl (C=O) groups is 1. The van der Waals surface area contributed by atoms with Crippen LogP contribution in [0.1, 0.15) is 50.3 Å². The minimum Gasteiger partial charge on any atom is -0.336 e. The van der Waals surface area contributed by atoms with Crippen molar-refractivity contribution in [3.05, 3.63) is 35.4 Å². The van der Waals surface area contributed by atoms with Gasteiger partial charge < -0.3 is 15.1 Å². The highest BCUT2D eigenvalue weighted by atomic mass is 16.2. The van der Waals surface area contributed by atoms with Gasteiger partial charge in [0.15, 0.2) is 0 Å². The Morgan fingerprint density at radius 2 is 1.88 bits per heavy atom. The zero-order valence-electron chi connectivity index (χ0n) is 15.7. The van der Waals surface area contributed by atoms with Gasteiger partial charge >= 0.3 is 6.03 Å². The van der Waals surface area contributed by atoms with Crippen molar-refractivity contribution < 1.29 is 4.79 Å². The Balaban J connectivity index is 1.94. The van der Waals surface area contributed by atoms with Gasteiger partial charge in [0.1, 0.15) is 0 Å². The molecule has 1 aromatic rings. The van der Waals surface area contributed by atoms with Gasteiger partial charge in [-0.15, -0.1) is 0 Å². The van der Waals surface area contributed by atoms with Gasteiger partial charge in [-0.25, -0.2) is 4.79 Å². The lowest BCUT2D eigenvalue weighted by atomic mass is 10.0. The van der Waals surface area contributed by atoms with Gasteiger partial charge in [0.2, 0.25) is 0 Å². The minimum atomic E-state index is 0.0841. The number of nitrogens with zero attached hydrogens (tertiary/aromatic N) is 2. The molecule has 0 bridgehead atoms. The van der Waals surface area contributed by atoms with Crippen molar-refractivity contribution in [1.82, 2.24) is 15.1 Å². The number of aryl methyl sites for hydroxylation is 1. The zero-order chi connectivity index (χ0) is 17.5. The molecule has 0 spiro atoms. The summed E-state index contributed by atoms with van der Waals surface area (Å²) in [4.78, 5) is 16.7. The fraction of sp³-hybridized carbons (Fsp3) is 0.650.